The number of anilines is 1. The maximum absolute atomic E-state index is 13.6. The lowest BCUT2D eigenvalue weighted by Gasteiger charge is -2.23. The van der Waals surface area contributed by atoms with Gasteiger partial charge in [-0.05, 0) is 68.1 Å². The number of nitrogens with zero attached hydrogens (tertiary/aromatic N) is 3. The molecule has 7 nitrogen and oxygen atoms in total. The zero-order chi connectivity index (χ0) is 25.0. The number of unbranched alkanes of at least 4 members (excludes halogenated alkanes) is 1. The zero-order valence-electron chi connectivity index (χ0n) is 20.6. The Bertz CT molecular complexity index is 1270. The lowest BCUT2D eigenvalue weighted by atomic mass is 10.2. The van der Waals surface area contributed by atoms with Crippen LogP contribution in [0.2, 0.25) is 0 Å². The second-order valence-electron chi connectivity index (χ2n) is 8.89. The Morgan fingerprint density at radius 3 is 2.60 bits per heavy atom. The number of carbonyl (C=O) groups excluding carboxylic acids is 1. The summed E-state index contributed by atoms with van der Waals surface area (Å²) in [5.74, 6) is -0.210. The van der Waals surface area contributed by atoms with Crippen LogP contribution in [0, 0.1) is 6.92 Å². The quantitative estimate of drug-likeness (QED) is 0.369. The number of benzene rings is 2. The third-order valence-electron chi connectivity index (χ3n) is 6.27. The first kappa shape index (κ1) is 25.8. The number of fused-ring (bicyclic) bond motifs is 1. The third kappa shape index (κ3) is 5.74. The molecule has 1 aromatic heterocycles. The number of thiazole rings is 1. The normalized spacial score (nSPS) is 16.3. The van der Waals surface area contributed by atoms with E-state index in [1.54, 1.807) is 17.0 Å². The van der Waals surface area contributed by atoms with Crippen molar-refractivity contribution < 1.29 is 17.9 Å². The minimum Gasteiger partial charge on any atom is -0.376 e. The molecule has 0 aliphatic carbocycles. The van der Waals surface area contributed by atoms with Crippen LogP contribution in [0.1, 0.15) is 55.5 Å². The average molecular weight is 516 g/mol. The summed E-state index contributed by atoms with van der Waals surface area (Å²) in [7, 11) is -3.60. The number of aryl methyl sites for hydroxylation is 1. The molecule has 0 spiro atoms. The fraction of sp³-hybridized carbons (Fsp3) is 0.462. The van der Waals surface area contributed by atoms with Crippen LogP contribution in [0.3, 0.4) is 0 Å². The van der Waals surface area contributed by atoms with E-state index in [-0.39, 0.29) is 16.9 Å². The third-order valence-corrected chi connectivity index (χ3v) is 9.30. The van der Waals surface area contributed by atoms with Gasteiger partial charge in [0.15, 0.2) is 5.13 Å². The summed E-state index contributed by atoms with van der Waals surface area (Å²) < 4.78 is 34.5. The summed E-state index contributed by atoms with van der Waals surface area (Å²) in [5.41, 5.74) is 2.42. The Kier molecular flexibility index (Phi) is 8.21. The van der Waals surface area contributed by atoms with Gasteiger partial charge in [0.05, 0.1) is 27.8 Å². The number of aromatic nitrogens is 1. The lowest BCUT2D eigenvalue weighted by Crippen LogP contribution is -2.37. The molecule has 1 amide bonds. The molecule has 0 bridgehead atoms. The van der Waals surface area contributed by atoms with E-state index in [4.69, 9.17) is 9.72 Å². The molecule has 0 radical (unpaired) electrons. The number of carbonyl (C=O) groups is 1. The fourth-order valence-corrected chi connectivity index (χ4v) is 6.79. The SMILES string of the molecule is CCCCN(CC)S(=O)(=O)c1ccc(C(=O)N(CC2CCCO2)c2nc3ccc(C)cc3s2)cc1. The minimum atomic E-state index is -3.60. The number of amides is 1. The van der Waals surface area contributed by atoms with Crippen molar-refractivity contribution >= 4 is 42.6 Å². The molecule has 0 saturated carbocycles. The van der Waals surface area contributed by atoms with Crippen molar-refractivity contribution in [2.24, 2.45) is 0 Å². The van der Waals surface area contributed by atoms with Gasteiger partial charge in [0, 0.05) is 25.3 Å². The van der Waals surface area contributed by atoms with Gasteiger partial charge >= 0.3 is 0 Å². The van der Waals surface area contributed by atoms with Crippen molar-refractivity contribution in [2.75, 3.05) is 31.1 Å². The first-order valence-corrected chi connectivity index (χ1v) is 14.5. The zero-order valence-corrected chi connectivity index (χ0v) is 22.2. The van der Waals surface area contributed by atoms with Crippen LogP contribution in [-0.4, -0.2) is 56.0 Å². The maximum atomic E-state index is 13.6. The molecule has 1 saturated heterocycles. The Hall–Kier alpha value is -2.33. The van der Waals surface area contributed by atoms with Gasteiger partial charge in [0.2, 0.25) is 10.0 Å². The van der Waals surface area contributed by atoms with Crippen molar-refractivity contribution in [3.05, 3.63) is 53.6 Å². The molecule has 1 unspecified atom stereocenters. The average Bonchev–Trinajstić information content (AvgIpc) is 3.52. The van der Waals surface area contributed by atoms with Crippen LogP contribution in [0.5, 0.6) is 0 Å². The number of sulfonamides is 1. The van der Waals surface area contributed by atoms with Crippen LogP contribution in [0.4, 0.5) is 5.13 Å². The molecule has 0 N–H and O–H groups in total. The fourth-order valence-electron chi connectivity index (χ4n) is 4.23. The summed E-state index contributed by atoms with van der Waals surface area (Å²) in [6.07, 6.45) is 3.57. The number of hydrogen-bond donors (Lipinski definition) is 0. The molecular formula is C26H33N3O4S2. The maximum Gasteiger partial charge on any atom is 0.260 e. The van der Waals surface area contributed by atoms with Gasteiger partial charge in [0.25, 0.3) is 5.91 Å². The molecule has 2 heterocycles. The molecule has 1 fully saturated rings. The highest BCUT2D eigenvalue weighted by atomic mass is 32.2. The van der Waals surface area contributed by atoms with Crippen molar-refractivity contribution in [2.45, 2.75) is 57.5 Å². The monoisotopic (exact) mass is 515 g/mol. The molecule has 188 valence electrons. The van der Waals surface area contributed by atoms with Gasteiger partial charge in [-0.2, -0.15) is 4.31 Å². The highest BCUT2D eigenvalue weighted by Crippen LogP contribution is 2.31. The highest BCUT2D eigenvalue weighted by molar-refractivity contribution is 7.89. The number of ether oxygens (including phenoxy) is 1. The molecule has 2 aromatic carbocycles. The summed E-state index contributed by atoms with van der Waals surface area (Å²) in [6.45, 7) is 7.93. The predicted octanol–water partition coefficient (Wildman–Crippen LogP) is 5.24. The molecule has 35 heavy (non-hydrogen) atoms. The smallest absolute Gasteiger partial charge is 0.260 e. The van der Waals surface area contributed by atoms with Gasteiger partial charge in [0.1, 0.15) is 0 Å². The van der Waals surface area contributed by atoms with E-state index in [0.29, 0.717) is 36.9 Å². The van der Waals surface area contributed by atoms with E-state index in [0.717, 1.165) is 41.5 Å². The van der Waals surface area contributed by atoms with Gasteiger partial charge in [-0.25, -0.2) is 13.4 Å². The Morgan fingerprint density at radius 2 is 1.94 bits per heavy atom. The van der Waals surface area contributed by atoms with E-state index in [1.807, 2.05) is 32.9 Å². The molecule has 1 aliphatic heterocycles. The molecule has 1 aliphatic rings. The van der Waals surface area contributed by atoms with Crippen molar-refractivity contribution in [1.29, 1.82) is 0 Å². The van der Waals surface area contributed by atoms with E-state index < -0.39 is 10.0 Å². The molecule has 4 rings (SSSR count). The van der Waals surface area contributed by atoms with Gasteiger partial charge in [-0.3, -0.25) is 9.69 Å². The van der Waals surface area contributed by atoms with Crippen molar-refractivity contribution in [3.63, 3.8) is 0 Å². The number of hydrogen-bond acceptors (Lipinski definition) is 6. The van der Waals surface area contributed by atoms with Gasteiger partial charge in [-0.15, -0.1) is 0 Å². The van der Waals surface area contributed by atoms with Crippen LogP contribution >= 0.6 is 11.3 Å². The summed E-state index contributed by atoms with van der Waals surface area (Å²) >= 11 is 1.48. The summed E-state index contributed by atoms with van der Waals surface area (Å²) in [5, 5.41) is 0.625. The molecular weight excluding hydrogens is 482 g/mol. The lowest BCUT2D eigenvalue weighted by molar-refractivity contribution is 0.0917. The van der Waals surface area contributed by atoms with Crippen molar-refractivity contribution in [1.82, 2.24) is 9.29 Å². The van der Waals surface area contributed by atoms with Crippen LogP contribution in [-0.2, 0) is 14.8 Å². The second-order valence-corrected chi connectivity index (χ2v) is 11.8. The van der Waals surface area contributed by atoms with E-state index in [1.165, 1.54) is 27.8 Å². The highest BCUT2D eigenvalue weighted by Gasteiger charge is 2.28. The minimum absolute atomic E-state index is 0.0379. The van der Waals surface area contributed by atoms with E-state index in [9.17, 15) is 13.2 Å². The first-order valence-electron chi connectivity index (χ1n) is 12.2. The van der Waals surface area contributed by atoms with E-state index >= 15 is 0 Å². The predicted molar refractivity (Wildman–Crippen MR) is 141 cm³/mol. The molecule has 3 aromatic rings. The first-order chi connectivity index (χ1) is 16.8. The largest absolute Gasteiger partial charge is 0.376 e. The Labute approximate surface area is 211 Å². The standard InChI is InChI=1S/C26H33N3O4S2/c1-4-6-15-28(5-2)35(31,32)22-12-10-20(11-13-22)25(30)29(18-21-8-7-16-33-21)26-27-23-14-9-19(3)17-24(23)34-26/h9-14,17,21H,4-8,15-16,18H2,1-3H3. The van der Waals surface area contributed by atoms with Gasteiger partial charge in [-0.1, -0.05) is 37.7 Å². The van der Waals surface area contributed by atoms with Crippen LogP contribution in [0.25, 0.3) is 10.2 Å². The van der Waals surface area contributed by atoms with E-state index in [2.05, 4.69) is 6.07 Å². The van der Waals surface area contributed by atoms with Crippen molar-refractivity contribution in [3.8, 4) is 0 Å². The van der Waals surface area contributed by atoms with Crippen LogP contribution in [0.15, 0.2) is 47.4 Å². The number of rotatable bonds is 10. The van der Waals surface area contributed by atoms with Crippen LogP contribution < -0.4 is 4.90 Å². The molecule has 1 atom stereocenters. The summed E-state index contributed by atoms with van der Waals surface area (Å²) in [4.78, 5) is 20.3. The second kappa shape index (κ2) is 11.2. The topological polar surface area (TPSA) is 79.8 Å². The molecule has 9 heteroatoms. The Balaban J connectivity index is 1.62. The summed E-state index contributed by atoms with van der Waals surface area (Å²) in [6, 6.07) is 12.3. The van der Waals surface area contributed by atoms with Gasteiger partial charge < -0.3 is 4.74 Å². The Morgan fingerprint density at radius 1 is 1.17 bits per heavy atom.